The van der Waals surface area contributed by atoms with Crippen LogP contribution in [0.5, 0.6) is 0 Å². The molecule has 1 radical (unpaired) electrons. The molecule has 4 aromatic rings. The van der Waals surface area contributed by atoms with Gasteiger partial charge in [-0.2, -0.15) is 0 Å². The molecule has 0 aliphatic carbocycles. The van der Waals surface area contributed by atoms with Crippen LogP contribution in [0, 0.1) is 0 Å². The molecule has 1 aromatic heterocycles. The molecule has 0 bridgehead atoms. The minimum atomic E-state index is -0.0890. The second-order valence-corrected chi connectivity index (χ2v) is 7.90. The van der Waals surface area contributed by atoms with Gasteiger partial charge in [0.2, 0.25) is 0 Å². The smallest absolute Gasteiger partial charge is 0.180 e. The number of hydrogen-bond acceptors (Lipinski definition) is 2. The van der Waals surface area contributed by atoms with Crippen molar-refractivity contribution in [1.29, 1.82) is 0 Å². The van der Waals surface area contributed by atoms with E-state index in [0.29, 0.717) is 0 Å². The molecule has 0 spiro atoms. The summed E-state index contributed by atoms with van der Waals surface area (Å²) in [5.74, 6) is 0. The highest BCUT2D eigenvalue weighted by Crippen LogP contribution is 2.29. The summed E-state index contributed by atoms with van der Waals surface area (Å²) >= 11 is 0. The first-order chi connectivity index (χ1) is 13.2. The zero-order valence-electron chi connectivity index (χ0n) is 15.6. The van der Waals surface area contributed by atoms with Crippen LogP contribution in [0.25, 0.3) is 0 Å². The molecule has 4 rings (SSSR count). The molecule has 27 heavy (non-hydrogen) atoms. The molecule has 1 heterocycles. The summed E-state index contributed by atoms with van der Waals surface area (Å²) in [6.45, 7) is 4.28. The Morgan fingerprint density at radius 1 is 0.704 bits per heavy atom. The molecule has 0 fully saturated rings. The Balaban J connectivity index is 0.000000156. The fourth-order valence-electron chi connectivity index (χ4n) is 2.68. The molecular formula is C24H23NOP. The Hall–Kier alpha value is -2.70. The molecule has 2 nitrogen and oxygen atoms in total. The largest absolute Gasteiger partial charge is 0.451 e. The average molecular weight is 372 g/mol. The van der Waals surface area contributed by atoms with Crippen LogP contribution in [-0.4, -0.2) is 4.98 Å². The van der Waals surface area contributed by atoms with Crippen LogP contribution in [0.3, 0.4) is 0 Å². The minimum absolute atomic E-state index is 0.0890. The van der Waals surface area contributed by atoms with E-state index < -0.39 is 0 Å². The number of oxazole rings is 1. The average Bonchev–Trinajstić information content (AvgIpc) is 3.27. The maximum atomic E-state index is 5.01. The van der Waals surface area contributed by atoms with Crippen LogP contribution in [0.2, 0.25) is 0 Å². The summed E-state index contributed by atoms with van der Waals surface area (Å²) in [6.07, 6.45) is 3.17. The van der Waals surface area contributed by atoms with E-state index >= 15 is 0 Å². The lowest BCUT2D eigenvalue weighted by Gasteiger charge is -2.22. The van der Waals surface area contributed by atoms with E-state index in [1.807, 2.05) is 30.3 Å². The van der Waals surface area contributed by atoms with Gasteiger partial charge in [0.15, 0.2) is 6.39 Å². The number of nitrogens with zero attached hydrogens (tertiary/aromatic N) is 1. The Labute approximate surface area is 163 Å². The highest BCUT2D eigenvalue weighted by molar-refractivity contribution is 7.55. The predicted molar refractivity (Wildman–Crippen MR) is 114 cm³/mol. The maximum absolute atomic E-state index is 5.01. The van der Waals surface area contributed by atoms with Gasteiger partial charge in [-0.1, -0.05) is 105 Å². The zero-order chi connectivity index (χ0) is 19.0. The second kappa shape index (κ2) is 9.30. The summed E-state index contributed by atoms with van der Waals surface area (Å²) in [4.78, 5) is 4.20. The van der Waals surface area contributed by atoms with Gasteiger partial charge in [-0.15, -0.1) is 0 Å². The zero-order valence-corrected chi connectivity index (χ0v) is 16.5. The summed E-state index contributed by atoms with van der Waals surface area (Å²) in [7, 11) is 1.28. The van der Waals surface area contributed by atoms with E-state index in [1.165, 1.54) is 31.1 Å². The molecule has 0 unspecified atom stereocenters. The van der Waals surface area contributed by atoms with Crippen molar-refractivity contribution in [3.63, 3.8) is 0 Å². The van der Waals surface area contributed by atoms with Crippen LogP contribution in [0.15, 0.2) is 108 Å². The topological polar surface area (TPSA) is 26.0 Å². The lowest BCUT2D eigenvalue weighted by molar-refractivity contribution is 0.547. The monoisotopic (exact) mass is 372 g/mol. The molecule has 0 amide bonds. The number of rotatable bonds is 4. The number of hydrogen-bond donors (Lipinski definition) is 0. The van der Waals surface area contributed by atoms with Crippen LogP contribution in [0.4, 0.5) is 0 Å². The number of benzene rings is 3. The van der Waals surface area contributed by atoms with Crippen LogP contribution < -0.4 is 10.6 Å². The van der Waals surface area contributed by atoms with Crippen LogP contribution >= 0.6 is 8.58 Å². The van der Waals surface area contributed by atoms with E-state index in [-0.39, 0.29) is 5.41 Å². The van der Waals surface area contributed by atoms with Crippen molar-refractivity contribution in [1.82, 2.24) is 4.98 Å². The van der Waals surface area contributed by atoms with Crippen molar-refractivity contribution < 1.29 is 4.42 Å². The van der Waals surface area contributed by atoms with E-state index in [2.05, 4.69) is 79.5 Å². The molecule has 0 saturated heterocycles. The Morgan fingerprint density at radius 3 is 1.63 bits per heavy atom. The number of aromatic nitrogens is 1. The van der Waals surface area contributed by atoms with Gasteiger partial charge in [0, 0.05) is 5.41 Å². The summed E-state index contributed by atoms with van der Waals surface area (Å²) < 4.78 is 5.01. The van der Waals surface area contributed by atoms with Gasteiger partial charge in [0.25, 0.3) is 0 Å². The summed E-state index contributed by atoms with van der Waals surface area (Å²) in [5, 5.41) is 2.68. The van der Waals surface area contributed by atoms with Crippen molar-refractivity contribution in [3.05, 3.63) is 115 Å². The van der Waals surface area contributed by atoms with Crippen LogP contribution in [-0.2, 0) is 5.41 Å². The molecule has 0 N–H and O–H groups in total. The molecular weight excluding hydrogens is 349 g/mol. The Bertz CT molecular complexity index is 867. The molecule has 0 atom stereocenters. The van der Waals surface area contributed by atoms with E-state index in [9.17, 15) is 0 Å². The van der Waals surface area contributed by atoms with Gasteiger partial charge in [0.1, 0.15) is 6.26 Å². The third-order valence-corrected chi connectivity index (χ3v) is 5.45. The fourth-order valence-corrected chi connectivity index (χ4v) is 3.62. The highest BCUT2D eigenvalue weighted by atomic mass is 31.1. The quantitative estimate of drug-likeness (QED) is 0.437. The van der Waals surface area contributed by atoms with Gasteiger partial charge in [0.05, 0.1) is 5.69 Å². The predicted octanol–water partition coefficient (Wildman–Crippen LogP) is 5.58. The van der Waals surface area contributed by atoms with E-state index in [1.54, 1.807) is 6.26 Å². The van der Waals surface area contributed by atoms with Crippen molar-refractivity contribution in [3.8, 4) is 0 Å². The molecule has 3 aromatic carbocycles. The molecule has 0 saturated carbocycles. The fraction of sp³-hybridized carbons (Fsp3) is 0.125. The highest BCUT2D eigenvalue weighted by Gasteiger charge is 2.25. The first-order valence-corrected chi connectivity index (χ1v) is 9.82. The molecule has 135 valence electrons. The normalized spacial score (nSPS) is 10.7. The van der Waals surface area contributed by atoms with Crippen molar-refractivity contribution >= 4 is 19.2 Å². The van der Waals surface area contributed by atoms with Crippen molar-refractivity contribution in [2.24, 2.45) is 0 Å². The van der Waals surface area contributed by atoms with E-state index in [4.69, 9.17) is 4.42 Å². The SMILES string of the molecule is CC(C)(c1ccccc1)c1cocn1.c1ccc([P]c2ccccc2)cc1. The molecule has 0 aliphatic heterocycles. The standard InChI is InChI=1S/C12H13NO.C12H10P/c1-12(2,11-8-14-9-13-11)10-6-4-3-5-7-10;1-3-7-11(8-4-1)13-12-9-5-2-6-10-12/h3-9H,1-2H3;1-10H. The maximum Gasteiger partial charge on any atom is 0.180 e. The minimum Gasteiger partial charge on any atom is -0.451 e. The van der Waals surface area contributed by atoms with Crippen LogP contribution in [0.1, 0.15) is 25.1 Å². The second-order valence-electron chi connectivity index (χ2n) is 6.65. The lowest BCUT2D eigenvalue weighted by atomic mass is 9.82. The van der Waals surface area contributed by atoms with E-state index in [0.717, 1.165) is 5.69 Å². The van der Waals surface area contributed by atoms with Gasteiger partial charge in [-0.3, -0.25) is 0 Å². The third-order valence-electron chi connectivity index (χ3n) is 4.34. The Kier molecular flexibility index (Phi) is 6.57. The third kappa shape index (κ3) is 5.39. The van der Waals surface area contributed by atoms with Gasteiger partial charge in [-0.05, 0) is 24.8 Å². The first kappa shape index (κ1) is 19.1. The van der Waals surface area contributed by atoms with Crippen molar-refractivity contribution in [2.75, 3.05) is 0 Å². The first-order valence-electron chi connectivity index (χ1n) is 8.92. The Morgan fingerprint density at radius 2 is 1.19 bits per heavy atom. The molecule has 0 aliphatic rings. The van der Waals surface area contributed by atoms with Crippen molar-refractivity contribution in [2.45, 2.75) is 19.3 Å². The summed E-state index contributed by atoms with van der Waals surface area (Å²) in [5.41, 5.74) is 2.12. The lowest BCUT2D eigenvalue weighted by Crippen LogP contribution is -2.18. The van der Waals surface area contributed by atoms with Gasteiger partial charge >= 0.3 is 0 Å². The van der Waals surface area contributed by atoms with Gasteiger partial charge in [-0.25, -0.2) is 4.98 Å². The molecule has 3 heteroatoms. The van der Waals surface area contributed by atoms with Gasteiger partial charge < -0.3 is 4.42 Å². The summed E-state index contributed by atoms with van der Waals surface area (Å²) in [6, 6.07) is 31.3.